The number of methoxy groups -OCH3 is 1. The SMILES string of the molecule is CCc1cccc(NC(N)=NCc2ccc(C(=O)OC)cc2)c1. The highest BCUT2D eigenvalue weighted by molar-refractivity contribution is 5.92. The number of carbonyl (C=O) groups excluding carboxylic acids is 1. The number of esters is 1. The number of guanidine groups is 1. The molecule has 3 N–H and O–H groups in total. The molecule has 0 aliphatic rings. The number of carbonyl (C=O) groups is 1. The number of nitrogens with two attached hydrogens (primary N) is 1. The normalized spacial score (nSPS) is 11.1. The molecule has 5 nitrogen and oxygen atoms in total. The van der Waals surface area contributed by atoms with E-state index < -0.39 is 0 Å². The predicted octanol–water partition coefficient (Wildman–Crippen LogP) is 2.96. The zero-order valence-corrected chi connectivity index (χ0v) is 13.4. The molecule has 0 aliphatic heterocycles. The fraction of sp³-hybridized carbons (Fsp3) is 0.222. The Kier molecular flexibility index (Phi) is 5.74. The fourth-order valence-corrected chi connectivity index (χ4v) is 2.10. The molecule has 2 aromatic carbocycles. The van der Waals surface area contributed by atoms with E-state index in [-0.39, 0.29) is 5.97 Å². The van der Waals surface area contributed by atoms with Crippen molar-refractivity contribution in [1.29, 1.82) is 0 Å². The van der Waals surface area contributed by atoms with Gasteiger partial charge in [0.25, 0.3) is 0 Å². The van der Waals surface area contributed by atoms with Crippen LogP contribution in [0.4, 0.5) is 5.69 Å². The maximum atomic E-state index is 11.4. The van der Waals surface area contributed by atoms with Crippen LogP contribution in [0.1, 0.15) is 28.4 Å². The van der Waals surface area contributed by atoms with Crippen molar-refractivity contribution in [3.63, 3.8) is 0 Å². The summed E-state index contributed by atoms with van der Waals surface area (Å²) in [5.41, 5.74) is 9.55. The Bertz CT molecular complexity index is 694. The monoisotopic (exact) mass is 311 g/mol. The lowest BCUT2D eigenvalue weighted by molar-refractivity contribution is 0.0600. The Morgan fingerprint density at radius 2 is 1.91 bits per heavy atom. The van der Waals surface area contributed by atoms with Gasteiger partial charge in [-0.2, -0.15) is 0 Å². The largest absolute Gasteiger partial charge is 0.465 e. The van der Waals surface area contributed by atoms with Crippen LogP contribution in [0.15, 0.2) is 53.5 Å². The maximum Gasteiger partial charge on any atom is 0.337 e. The molecule has 2 aromatic rings. The second-order valence-corrected chi connectivity index (χ2v) is 5.07. The summed E-state index contributed by atoms with van der Waals surface area (Å²) in [5.74, 6) is 0.00679. The van der Waals surface area contributed by atoms with E-state index in [0.29, 0.717) is 18.1 Å². The molecule has 0 radical (unpaired) electrons. The summed E-state index contributed by atoms with van der Waals surface area (Å²) in [4.78, 5) is 15.7. The Hall–Kier alpha value is -2.82. The predicted molar refractivity (Wildman–Crippen MR) is 92.6 cm³/mol. The summed E-state index contributed by atoms with van der Waals surface area (Å²) in [7, 11) is 1.36. The van der Waals surface area contributed by atoms with E-state index in [2.05, 4.69) is 28.0 Å². The van der Waals surface area contributed by atoms with E-state index in [1.165, 1.54) is 12.7 Å². The highest BCUT2D eigenvalue weighted by atomic mass is 16.5. The molecule has 0 aliphatic carbocycles. The zero-order valence-electron chi connectivity index (χ0n) is 13.4. The minimum absolute atomic E-state index is 0.350. The molecule has 0 bridgehead atoms. The first-order valence-corrected chi connectivity index (χ1v) is 7.45. The standard InChI is InChI=1S/C18H21N3O2/c1-3-13-5-4-6-16(11-13)21-18(19)20-12-14-7-9-15(10-8-14)17(22)23-2/h4-11H,3,12H2,1-2H3,(H3,19,20,21). The van der Waals surface area contributed by atoms with Gasteiger partial charge in [0.05, 0.1) is 19.2 Å². The first-order chi connectivity index (χ1) is 11.1. The highest BCUT2D eigenvalue weighted by Crippen LogP contribution is 2.11. The summed E-state index contributed by atoms with van der Waals surface area (Å²) in [6, 6.07) is 15.2. The number of hydrogen-bond donors (Lipinski definition) is 2. The lowest BCUT2D eigenvalue weighted by Gasteiger charge is -2.07. The molecule has 0 saturated heterocycles. The van der Waals surface area contributed by atoms with Gasteiger partial charge in [-0.05, 0) is 41.8 Å². The summed E-state index contributed by atoms with van der Waals surface area (Å²) in [5, 5.41) is 3.08. The summed E-state index contributed by atoms with van der Waals surface area (Å²) in [6.07, 6.45) is 0.971. The Morgan fingerprint density at radius 1 is 1.17 bits per heavy atom. The minimum Gasteiger partial charge on any atom is -0.465 e. The van der Waals surface area contributed by atoms with Crippen LogP contribution in [0.3, 0.4) is 0 Å². The molecule has 0 unspecified atom stereocenters. The lowest BCUT2D eigenvalue weighted by atomic mass is 10.1. The second kappa shape index (κ2) is 7.98. The molecule has 0 fully saturated rings. The van der Waals surface area contributed by atoms with E-state index in [0.717, 1.165) is 17.7 Å². The lowest BCUT2D eigenvalue weighted by Crippen LogP contribution is -2.22. The van der Waals surface area contributed by atoms with E-state index in [1.807, 2.05) is 30.3 Å². The van der Waals surface area contributed by atoms with Crippen molar-refractivity contribution < 1.29 is 9.53 Å². The summed E-state index contributed by atoms with van der Waals surface area (Å²) >= 11 is 0. The third-order valence-corrected chi connectivity index (χ3v) is 3.41. The highest BCUT2D eigenvalue weighted by Gasteiger charge is 2.04. The molecular weight excluding hydrogens is 290 g/mol. The minimum atomic E-state index is -0.350. The number of nitrogens with zero attached hydrogens (tertiary/aromatic N) is 1. The third kappa shape index (κ3) is 4.85. The molecular formula is C18H21N3O2. The van der Waals surface area contributed by atoms with Crippen LogP contribution in [0.25, 0.3) is 0 Å². The molecule has 0 atom stereocenters. The van der Waals surface area contributed by atoms with Crippen molar-refractivity contribution in [1.82, 2.24) is 0 Å². The number of nitrogens with one attached hydrogen (secondary N) is 1. The van der Waals surface area contributed by atoms with Crippen LogP contribution < -0.4 is 11.1 Å². The Morgan fingerprint density at radius 3 is 2.57 bits per heavy atom. The van der Waals surface area contributed by atoms with Crippen molar-refractivity contribution in [2.75, 3.05) is 12.4 Å². The Labute approximate surface area is 136 Å². The van der Waals surface area contributed by atoms with Crippen molar-refractivity contribution in [3.05, 3.63) is 65.2 Å². The van der Waals surface area contributed by atoms with Gasteiger partial charge in [0.1, 0.15) is 0 Å². The molecule has 0 amide bonds. The third-order valence-electron chi connectivity index (χ3n) is 3.41. The average Bonchev–Trinajstić information content (AvgIpc) is 2.60. The first-order valence-electron chi connectivity index (χ1n) is 7.45. The van der Waals surface area contributed by atoms with Crippen LogP contribution >= 0.6 is 0 Å². The molecule has 0 saturated carbocycles. The van der Waals surface area contributed by atoms with Crippen molar-refractivity contribution in [3.8, 4) is 0 Å². The van der Waals surface area contributed by atoms with E-state index in [9.17, 15) is 4.79 Å². The number of hydrogen-bond acceptors (Lipinski definition) is 3. The summed E-state index contributed by atoms with van der Waals surface area (Å²) < 4.78 is 4.66. The van der Waals surface area contributed by atoms with E-state index in [1.54, 1.807) is 12.1 Å². The smallest absolute Gasteiger partial charge is 0.337 e. The van der Waals surface area contributed by atoms with Gasteiger partial charge in [-0.1, -0.05) is 31.2 Å². The van der Waals surface area contributed by atoms with Crippen molar-refractivity contribution in [2.24, 2.45) is 10.7 Å². The van der Waals surface area contributed by atoms with Crippen LogP contribution in [0.2, 0.25) is 0 Å². The zero-order chi connectivity index (χ0) is 16.7. The van der Waals surface area contributed by atoms with Gasteiger partial charge in [0.2, 0.25) is 0 Å². The molecule has 0 spiro atoms. The van der Waals surface area contributed by atoms with Gasteiger partial charge in [0, 0.05) is 5.69 Å². The maximum absolute atomic E-state index is 11.4. The molecule has 23 heavy (non-hydrogen) atoms. The molecule has 2 rings (SSSR count). The number of benzene rings is 2. The van der Waals surface area contributed by atoms with E-state index >= 15 is 0 Å². The second-order valence-electron chi connectivity index (χ2n) is 5.07. The van der Waals surface area contributed by atoms with Gasteiger partial charge in [-0.15, -0.1) is 0 Å². The van der Waals surface area contributed by atoms with Crippen LogP contribution in [-0.2, 0) is 17.7 Å². The van der Waals surface area contributed by atoms with E-state index in [4.69, 9.17) is 5.73 Å². The fourth-order valence-electron chi connectivity index (χ4n) is 2.10. The van der Waals surface area contributed by atoms with Gasteiger partial charge in [-0.25, -0.2) is 9.79 Å². The summed E-state index contributed by atoms with van der Waals surface area (Å²) in [6.45, 7) is 2.54. The Balaban J connectivity index is 1.97. The van der Waals surface area contributed by atoms with Crippen molar-refractivity contribution in [2.45, 2.75) is 19.9 Å². The van der Waals surface area contributed by atoms with Gasteiger partial charge < -0.3 is 15.8 Å². The molecule has 120 valence electrons. The molecule has 0 heterocycles. The van der Waals surface area contributed by atoms with Gasteiger partial charge in [0.15, 0.2) is 5.96 Å². The molecule has 0 aromatic heterocycles. The van der Waals surface area contributed by atoms with Gasteiger partial charge >= 0.3 is 5.97 Å². The van der Waals surface area contributed by atoms with Crippen LogP contribution in [0, 0.1) is 0 Å². The number of ether oxygens (including phenoxy) is 1. The average molecular weight is 311 g/mol. The number of aliphatic imine (C=N–C) groups is 1. The van der Waals surface area contributed by atoms with Gasteiger partial charge in [-0.3, -0.25) is 0 Å². The first kappa shape index (κ1) is 16.5. The number of rotatable bonds is 5. The van der Waals surface area contributed by atoms with Crippen molar-refractivity contribution >= 4 is 17.6 Å². The van der Waals surface area contributed by atoms with Crippen LogP contribution in [0.5, 0.6) is 0 Å². The topological polar surface area (TPSA) is 76.7 Å². The quantitative estimate of drug-likeness (QED) is 0.505. The van der Waals surface area contributed by atoms with Crippen LogP contribution in [-0.4, -0.2) is 19.0 Å². The molecule has 5 heteroatoms. The number of aryl methyl sites for hydroxylation is 1. The number of anilines is 1.